The predicted octanol–water partition coefficient (Wildman–Crippen LogP) is -1.74. The van der Waals surface area contributed by atoms with Gasteiger partial charge in [-0.2, -0.15) is 0 Å². The third kappa shape index (κ3) is 21.8. The minimum atomic E-state index is -1.28. The molecule has 0 aromatic carbocycles. The maximum Gasteiger partial charge on any atom is 0.322 e. The molecular weight excluding hydrogens is 532 g/mol. The van der Waals surface area contributed by atoms with Gasteiger partial charge < -0.3 is 50.5 Å². The van der Waals surface area contributed by atoms with Gasteiger partial charge in [0.05, 0.1) is 50.6 Å². The first-order chi connectivity index (χ1) is 18.6. The van der Waals surface area contributed by atoms with E-state index in [1.165, 1.54) is 0 Å². The largest absolute Gasteiger partial charge is 0.480 e. The number of nitrogens with one attached hydrogen (secondary N) is 4. The molecule has 230 valence electrons. The van der Waals surface area contributed by atoms with Gasteiger partial charge in [-0.1, -0.05) is 0 Å². The van der Waals surface area contributed by atoms with Crippen LogP contribution in [0.25, 0.3) is 0 Å². The summed E-state index contributed by atoms with van der Waals surface area (Å²) < 4.78 is 16.2. The summed E-state index contributed by atoms with van der Waals surface area (Å²) >= 11 is 0. The summed E-state index contributed by atoms with van der Waals surface area (Å²) in [4.78, 5) is 69.2. The molecule has 15 nitrogen and oxygen atoms in total. The van der Waals surface area contributed by atoms with Crippen LogP contribution in [-0.2, 0) is 43.0 Å². The zero-order valence-corrected chi connectivity index (χ0v) is 23.7. The molecule has 4 amide bonds. The van der Waals surface area contributed by atoms with Crippen molar-refractivity contribution in [1.82, 2.24) is 21.3 Å². The van der Waals surface area contributed by atoms with Gasteiger partial charge >= 0.3 is 5.97 Å². The second-order valence-electron chi connectivity index (χ2n) is 10.1. The van der Waals surface area contributed by atoms with Crippen LogP contribution in [0.15, 0.2) is 0 Å². The van der Waals surface area contributed by atoms with Crippen LogP contribution in [0.3, 0.4) is 0 Å². The van der Waals surface area contributed by atoms with Gasteiger partial charge in [0.15, 0.2) is 0 Å². The Morgan fingerprint density at radius 2 is 1.55 bits per heavy atom. The number of aliphatic hydroxyl groups is 1. The number of aliphatic carboxylic acids is 1. The maximum absolute atomic E-state index is 12.2. The highest BCUT2D eigenvalue weighted by molar-refractivity contribution is 5.90. The van der Waals surface area contributed by atoms with Crippen molar-refractivity contribution in [2.45, 2.75) is 70.6 Å². The Labute approximate surface area is 234 Å². The molecule has 0 rings (SSSR count). The monoisotopic (exact) mass is 576 g/mol. The summed E-state index contributed by atoms with van der Waals surface area (Å²) in [7, 11) is 0. The molecule has 0 radical (unpaired) electrons. The summed E-state index contributed by atoms with van der Waals surface area (Å²) in [5.74, 6) is -3.45. The highest BCUT2D eigenvalue weighted by atomic mass is 16.5. The van der Waals surface area contributed by atoms with E-state index in [1.54, 1.807) is 27.7 Å². The first-order valence-electron chi connectivity index (χ1n) is 12.9. The minimum Gasteiger partial charge on any atom is -0.480 e. The molecule has 0 aromatic rings. The number of ether oxygens (including phenoxy) is 3. The summed E-state index contributed by atoms with van der Waals surface area (Å²) in [6, 6.07) is -1.19. The molecule has 40 heavy (non-hydrogen) atoms. The lowest BCUT2D eigenvalue weighted by Crippen LogP contribution is -2.49. The van der Waals surface area contributed by atoms with Crippen LogP contribution in [0.2, 0.25) is 0 Å². The van der Waals surface area contributed by atoms with Crippen molar-refractivity contribution >= 4 is 35.9 Å². The lowest BCUT2D eigenvalue weighted by molar-refractivity contribution is -0.138. The van der Waals surface area contributed by atoms with E-state index >= 15 is 0 Å². The van der Waals surface area contributed by atoms with Crippen molar-refractivity contribution in [2.24, 2.45) is 0 Å². The van der Waals surface area contributed by atoms with Crippen LogP contribution in [0, 0.1) is 0 Å². The minimum absolute atomic E-state index is 0.0490. The molecule has 0 saturated heterocycles. The molecule has 6 N–H and O–H groups in total. The SMILES string of the molecule is CC(C)(O)CCOC(C)(C)CC(=O)NCCOCCOCC(=O)NC(CCC(=O)NCC=O)C(=O)NCC(=O)O. The third-order valence-corrected chi connectivity index (χ3v) is 5.07. The van der Waals surface area contributed by atoms with Crippen LogP contribution in [-0.4, -0.2) is 116 Å². The van der Waals surface area contributed by atoms with Gasteiger partial charge in [-0.05, 0) is 40.5 Å². The molecule has 0 aromatic heterocycles. The third-order valence-electron chi connectivity index (χ3n) is 5.07. The van der Waals surface area contributed by atoms with Crippen LogP contribution in [0.5, 0.6) is 0 Å². The number of carbonyl (C=O) groups excluding carboxylic acids is 5. The molecule has 0 aliphatic rings. The maximum atomic E-state index is 12.2. The fraction of sp³-hybridized carbons (Fsp3) is 0.760. The quantitative estimate of drug-likeness (QED) is 0.0592. The van der Waals surface area contributed by atoms with E-state index in [-0.39, 0.29) is 58.1 Å². The van der Waals surface area contributed by atoms with E-state index < -0.39 is 54.1 Å². The Kier molecular flexibility index (Phi) is 18.3. The number of hydrogen-bond acceptors (Lipinski definition) is 10. The number of amides is 4. The number of rotatable bonds is 23. The first-order valence-corrected chi connectivity index (χ1v) is 12.9. The van der Waals surface area contributed by atoms with E-state index in [0.29, 0.717) is 19.3 Å². The van der Waals surface area contributed by atoms with Crippen molar-refractivity contribution in [2.75, 3.05) is 52.7 Å². The Morgan fingerprint density at radius 3 is 2.17 bits per heavy atom. The number of hydrogen-bond donors (Lipinski definition) is 6. The van der Waals surface area contributed by atoms with Gasteiger partial charge in [-0.3, -0.25) is 24.0 Å². The van der Waals surface area contributed by atoms with Gasteiger partial charge in [0.2, 0.25) is 23.6 Å². The van der Waals surface area contributed by atoms with Gasteiger partial charge in [0, 0.05) is 13.0 Å². The Hall–Kier alpha value is -3.14. The lowest BCUT2D eigenvalue weighted by atomic mass is 10.0. The van der Waals surface area contributed by atoms with Crippen molar-refractivity contribution in [3.05, 3.63) is 0 Å². The molecule has 0 spiro atoms. The molecule has 1 unspecified atom stereocenters. The summed E-state index contributed by atoms with van der Waals surface area (Å²) in [6.45, 7) is 6.65. The smallest absolute Gasteiger partial charge is 0.322 e. The van der Waals surface area contributed by atoms with Crippen molar-refractivity contribution in [3.63, 3.8) is 0 Å². The molecule has 1 atom stereocenters. The molecule has 0 aliphatic carbocycles. The van der Waals surface area contributed by atoms with E-state index in [2.05, 4.69) is 21.3 Å². The highest BCUT2D eigenvalue weighted by Gasteiger charge is 2.24. The van der Waals surface area contributed by atoms with Gasteiger partial charge in [0.25, 0.3) is 0 Å². The lowest BCUT2D eigenvalue weighted by Gasteiger charge is -2.26. The van der Waals surface area contributed by atoms with E-state index in [1.807, 2.05) is 0 Å². The van der Waals surface area contributed by atoms with E-state index in [0.717, 1.165) is 0 Å². The highest BCUT2D eigenvalue weighted by Crippen LogP contribution is 2.17. The van der Waals surface area contributed by atoms with Gasteiger partial charge in [0.1, 0.15) is 25.5 Å². The van der Waals surface area contributed by atoms with Crippen LogP contribution in [0.4, 0.5) is 0 Å². The van der Waals surface area contributed by atoms with Crippen molar-refractivity contribution < 1.29 is 53.2 Å². The van der Waals surface area contributed by atoms with E-state index in [9.17, 15) is 33.9 Å². The average Bonchev–Trinajstić information content (AvgIpc) is 2.83. The standard InChI is InChI=1S/C25H44N4O11/c1-24(2,37)7-11-40-25(3,4)15-20(32)27-9-12-38-13-14-39-17-21(33)29-18(23(36)28-16-22(34)35)5-6-19(31)26-8-10-30/h10,18,37H,5-9,11-17H2,1-4H3,(H,26,31)(H,27,32)(H,28,36)(H,29,33)(H,34,35). The Balaban J connectivity index is 4.22. The van der Waals surface area contributed by atoms with Crippen molar-refractivity contribution in [1.29, 1.82) is 0 Å². The summed E-state index contributed by atoms with van der Waals surface area (Å²) in [6.07, 6.45) is 0.766. The van der Waals surface area contributed by atoms with Gasteiger partial charge in [-0.15, -0.1) is 0 Å². The molecule has 0 bridgehead atoms. The zero-order valence-electron chi connectivity index (χ0n) is 23.7. The number of carbonyl (C=O) groups is 6. The fourth-order valence-corrected chi connectivity index (χ4v) is 3.03. The predicted molar refractivity (Wildman–Crippen MR) is 141 cm³/mol. The Morgan fingerprint density at radius 1 is 0.875 bits per heavy atom. The number of carboxylic acid groups (broad SMARTS) is 1. The first kappa shape index (κ1) is 36.9. The molecular formula is C25H44N4O11. The number of carboxylic acids is 1. The van der Waals surface area contributed by atoms with Gasteiger partial charge in [-0.25, -0.2) is 0 Å². The molecule has 0 heterocycles. The van der Waals surface area contributed by atoms with Crippen molar-refractivity contribution in [3.8, 4) is 0 Å². The zero-order chi connectivity index (χ0) is 30.6. The normalized spacial score (nSPS) is 12.2. The number of aldehydes is 1. The molecule has 15 heteroatoms. The topological polar surface area (TPSA) is 219 Å². The van der Waals surface area contributed by atoms with Crippen LogP contribution < -0.4 is 21.3 Å². The van der Waals surface area contributed by atoms with E-state index in [4.69, 9.17) is 19.3 Å². The Bertz CT molecular complexity index is 828. The second-order valence-corrected chi connectivity index (χ2v) is 10.1. The molecule has 0 saturated carbocycles. The summed E-state index contributed by atoms with van der Waals surface area (Å²) in [5, 5.41) is 28.0. The molecule has 0 aliphatic heterocycles. The second kappa shape index (κ2) is 19.8. The summed E-state index contributed by atoms with van der Waals surface area (Å²) in [5.41, 5.74) is -1.53. The fourth-order valence-electron chi connectivity index (χ4n) is 3.03. The van der Waals surface area contributed by atoms with Crippen LogP contribution >= 0.6 is 0 Å². The van der Waals surface area contributed by atoms with Crippen LogP contribution in [0.1, 0.15) is 53.4 Å². The average molecular weight is 577 g/mol. The molecule has 0 fully saturated rings.